The van der Waals surface area contributed by atoms with Crippen molar-refractivity contribution in [3.63, 3.8) is 0 Å². The number of alkyl halides is 3. The second-order valence-corrected chi connectivity index (χ2v) is 36.4. The van der Waals surface area contributed by atoms with Crippen LogP contribution in [-0.4, -0.2) is 98.4 Å². The number of carbonyl (C=O) groups excluding carboxylic acids is 6. The zero-order chi connectivity index (χ0) is 87.9. The Morgan fingerprint density at radius 3 is 1.06 bits per heavy atom. The Balaban J connectivity index is 0.000000249. The van der Waals surface area contributed by atoms with E-state index < -0.39 is 110 Å². The van der Waals surface area contributed by atoms with Gasteiger partial charge in [0.25, 0.3) is 17.7 Å². The number of benzene rings is 9. The van der Waals surface area contributed by atoms with Crippen LogP contribution in [0.3, 0.4) is 0 Å². The normalized spacial score (nSPS) is 12.2. The molecule has 0 heterocycles. The molecule has 0 bridgehead atoms. The zero-order valence-corrected chi connectivity index (χ0v) is 72.7. The van der Waals surface area contributed by atoms with Crippen molar-refractivity contribution in [2.24, 2.45) is 0 Å². The minimum absolute atomic E-state index is 0.00739. The van der Waals surface area contributed by atoms with Crippen molar-refractivity contribution in [2.75, 3.05) is 38.5 Å². The minimum atomic E-state index is -4.56. The fourth-order valence-corrected chi connectivity index (χ4v) is 17.9. The molecular weight excluding hydrogens is 1750 g/mol. The van der Waals surface area contributed by atoms with E-state index in [0.717, 1.165) is 66.9 Å². The number of anilines is 6. The molecule has 0 aromatic heterocycles. The fraction of sp³-hybridized carbons (Fsp3) is 0.286. The highest BCUT2D eigenvalue weighted by Gasteiger charge is 2.37. The van der Waals surface area contributed by atoms with E-state index in [0.29, 0.717) is 17.9 Å². The molecule has 9 aromatic rings. The molecule has 0 spiro atoms. The molecule has 3 atom stereocenters. The van der Waals surface area contributed by atoms with Crippen LogP contribution in [-0.2, 0) is 50.1 Å². The number of hydrogen-bond donors (Lipinski definition) is 9. The molecule has 119 heavy (non-hydrogen) atoms. The molecule has 0 saturated heterocycles. The van der Waals surface area contributed by atoms with Gasteiger partial charge in [0.2, 0.25) is 17.7 Å². The predicted molar refractivity (Wildman–Crippen MR) is 463 cm³/mol. The van der Waals surface area contributed by atoms with Gasteiger partial charge in [-0.05, 0) is 172 Å². The number of hydrogen-bond acceptors (Lipinski definition) is 16. The van der Waals surface area contributed by atoms with Crippen molar-refractivity contribution in [1.82, 2.24) is 0 Å². The maximum Gasteiger partial charge on any atom is 0.416 e. The van der Waals surface area contributed by atoms with Crippen LogP contribution in [0.4, 0.5) is 47.3 Å². The highest BCUT2D eigenvalue weighted by molar-refractivity contribution is 7.93. The molecule has 0 radical (unpaired) electrons. The number of unbranched alkanes of at least 4 members (excludes halogenated alkanes) is 9. The molecule has 35 heteroatoms. The number of phenols is 3. The molecule has 0 fully saturated rings. The summed E-state index contributed by atoms with van der Waals surface area (Å²) in [6.45, 7) is 11.0. The summed E-state index contributed by atoms with van der Waals surface area (Å²) in [5.74, 6) is -5.22. The average Bonchev–Trinajstić information content (AvgIpc) is 0.801. The Morgan fingerprint density at radius 1 is 0.361 bits per heavy atom. The first-order valence-corrected chi connectivity index (χ1v) is 44.5. The van der Waals surface area contributed by atoms with Crippen LogP contribution >= 0.6 is 81.2 Å². The summed E-state index contributed by atoms with van der Waals surface area (Å²) >= 11 is 42.5. The minimum Gasteiger partial charge on any atom is -0.506 e. The first-order valence-electron chi connectivity index (χ1n) is 37.2. The number of aryl methyl sites for hydroxylation is 2. The Bertz CT molecular complexity index is 5510. The summed E-state index contributed by atoms with van der Waals surface area (Å²) < 4.78 is 123. The van der Waals surface area contributed by atoms with Gasteiger partial charge in [0.1, 0.15) is 38.7 Å². The third-order valence-electron chi connectivity index (χ3n) is 18.3. The summed E-state index contributed by atoms with van der Waals surface area (Å²) in [5, 5.41) is 42.5. The Morgan fingerprint density at radius 2 is 0.706 bits per heavy atom. The quantitative estimate of drug-likeness (QED) is 0.0136. The molecule has 636 valence electrons. The van der Waals surface area contributed by atoms with Crippen molar-refractivity contribution < 1.29 is 87.2 Å². The van der Waals surface area contributed by atoms with Crippen molar-refractivity contribution in [2.45, 2.75) is 162 Å². The van der Waals surface area contributed by atoms with Crippen LogP contribution in [0, 0.1) is 13.8 Å². The lowest BCUT2D eigenvalue weighted by atomic mass is 10.1. The maximum absolute atomic E-state index is 13.4. The number of ether oxygens (including phenoxy) is 1. The van der Waals surface area contributed by atoms with Gasteiger partial charge < -0.3 is 52.0 Å². The largest absolute Gasteiger partial charge is 0.506 e. The van der Waals surface area contributed by atoms with Crippen LogP contribution in [0.25, 0.3) is 0 Å². The second kappa shape index (κ2) is 44.3. The number of phenolic OH excluding ortho intramolecular Hbond substituents is 3. The lowest BCUT2D eigenvalue weighted by molar-refractivity contribution is -0.137. The zero-order valence-electron chi connectivity index (χ0n) is 65.0. The first-order chi connectivity index (χ1) is 56.1. The Hall–Kier alpha value is -9.33. The van der Waals surface area contributed by atoms with Gasteiger partial charge in [-0.2, -0.15) is 13.2 Å². The van der Waals surface area contributed by atoms with Crippen molar-refractivity contribution in [3.8, 4) is 23.0 Å². The van der Waals surface area contributed by atoms with E-state index in [9.17, 15) is 82.5 Å². The average molecular weight is 1840 g/mol. The highest BCUT2D eigenvalue weighted by atomic mass is 35.5. The van der Waals surface area contributed by atoms with Crippen LogP contribution in [0.5, 0.6) is 23.0 Å². The molecule has 0 aliphatic rings. The van der Waals surface area contributed by atoms with Crippen LogP contribution in [0.1, 0.15) is 159 Å². The molecule has 9 N–H and O–H groups in total. The van der Waals surface area contributed by atoms with Gasteiger partial charge in [-0.1, -0.05) is 197 Å². The molecule has 6 amide bonds. The summed E-state index contributed by atoms with van der Waals surface area (Å²) in [5.41, 5.74) is 0.581. The monoisotopic (exact) mass is 1830 g/mol. The summed E-state index contributed by atoms with van der Waals surface area (Å²) in [4.78, 5) is 76.5. The smallest absolute Gasteiger partial charge is 0.416 e. The number of halogens is 10. The van der Waals surface area contributed by atoms with Crippen LogP contribution < -0.4 is 36.6 Å². The maximum atomic E-state index is 13.4. The van der Waals surface area contributed by atoms with E-state index in [1.165, 1.54) is 143 Å². The van der Waals surface area contributed by atoms with E-state index in [1.54, 1.807) is 57.2 Å². The SMILES string of the molecule is CCC(C(=O)Nc1cc(O)c(NC(=O)c2ccc(C(F)(F)F)cc2)cc1Cl)S(=O)(=O)c1cccc(C)c1.CCC(C(=O)Nc1cc(O)c(NC(=O)c2ccc(Cl)c(Cl)c2)cc1Cl)S(=O)(=O)c1ccc(C)cc1.CCCCCCCCCCCCOc1ccc(S(=O)(=O)C(CC)C(=O)Nc2cc(O)c(NC(=O)c3ccc(Cl)c(Cl)c3)cc2Cl)cc1. The summed E-state index contributed by atoms with van der Waals surface area (Å²) in [6.07, 6.45) is 7.69. The van der Waals surface area contributed by atoms with E-state index >= 15 is 0 Å². The molecule has 3 unspecified atom stereocenters. The Labute approximate surface area is 723 Å². The third-order valence-corrected chi connectivity index (χ3v) is 27.4. The molecule has 0 aliphatic carbocycles. The van der Waals surface area contributed by atoms with Crippen molar-refractivity contribution in [3.05, 3.63) is 238 Å². The lowest BCUT2D eigenvalue weighted by Crippen LogP contribution is -2.34. The van der Waals surface area contributed by atoms with E-state index in [1.807, 2.05) is 6.92 Å². The molecule has 9 aromatic carbocycles. The van der Waals surface area contributed by atoms with Gasteiger partial charge in [0.05, 0.1) is 96.1 Å². The summed E-state index contributed by atoms with van der Waals surface area (Å²) in [6, 6.07) is 37.3. The second-order valence-electron chi connectivity index (χ2n) is 27.2. The van der Waals surface area contributed by atoms with E-state index in [-0.39, 0.29) is 120 Å². The number of sulfone groups is 3. The van der Waals surface area contributed by atoms with E-state index in [4.69, 9.17) is 85.9 Å². The van der Waals surface area contributed by atoms with Crippen molar-refractivity contribution >= 4 is 180 Å². The fourth-order valence-electron chi connectivity index (χ4n) is 11.7. The van der Waals surface area contributed by atoms with Gasteiger partial charge >= 0.3 is 6.18 Å². The first kappa shape index (κ1) is 96.8. The number of amides is 6. The predicted octanol–water partition coefficient (Wildman–Crippen LogP) is 22.0. The van der Waals surface area contributed by atoms with Gasteiger partial charge in [0, 0.05) is 34.9 Å². The number of carbonyl (C=O) groups is 6. The topological polar surface area (TPSA) is 347 Å². The number of rotatable bonds is 33. The lowest BCUT2D eigenvalue weighted by Gasteiger charge is -2.18. The molecule has 0 saturated carbocycles. The molecule has 0 aliphatic heterocycles. The van der Waals surface area contributed by atoms with Crippen molar-refractivity contribution in [1.29, 1.82) is 0 Å². The molecule has 9 rings (SSSR count). The highest BCUT2D eigenvalue weighted by Crippen LogP contribution is 2.40. The van der Waals surface area contributed by atoms with Gasteiger partial charge in [-0.3, -0.25) is 28.8 Å². The van der Waals surface area contributed by atoms with Gasteiger partial charge in [0.15, 0.2) is 29.5 Å². The molecular formula is C84H86Cl7F3N6O16S3. The number of aromatic hydroxyl groups is 3. The number of nitrogens with one attached hydrogen (secondary N) is 6. The third kappa shape index (κ3) is 27.1. The Kier molecular flexibility index (Phi) is 36.0. The standard InChI is InChI=1S/C35H43Cl3N2O6S.C25H22ClF3N2O5S.C24H21Cl3N2O5S/c1-3-5-6-7-8-9-10-11-12-13-20-46-25-15-17-26(18-16-25)47(44,45)33(4-2)35(43)39-30-23-32(41)31(22-29(30)38)40-34(42)24-14-19-27(36)28(37)21-24;1-3-22(37(35,36)17-6-4-5-14(2)11-17)24(34)30-19-13-21(32)20(12-18(19)26)31-23(33)15-7-9-16(10-8-15)25(27,28)29;1-3-22(35(33,34)15-7-4-13(2)5-8-15)24(32)28-19-12-21(30)20(11-18(19)27)29-23(31)14-6-9-16(25)17(26)10-14/h14-19,21-23,33,41H,3-13,20H2,1-2H3,(H,39,43)(H,40,42);4-13,22,32H,3H2,1-2H3,(H,30,34)(H,31,33);4-12,22,30H,3H2,1-2H3,(H,28,32)(H,29,31). The summed E-state index contributed by atoms with van der Waals surface area (Å²) in [7, 11) is -12.1. The van der Waals surface area contributed by atoms with Crippen LogP contribution in [0.15, 0.2) is 185 Å². The molecule has 22 nitrogen and oxygen atoms in total. The van der Waals surface area contributed by atoms with Crippen LogP contribution in [0.2, 0.25) is 35.2 Å². The van der Waals surface area contributed by atoms with E-state index in [2.05, 4.69) is 38.8 Å². The van der Waals surface area contributed by atoms with Gasteiger partial charge in [-0.15, -0.1) is 0 Å². The van der Waals surface area contributed by atoms with Gasteiger partial charge in [-0.25, -0.2) is 25.3 Å².